The molecule has 116 valence electrons. The molecular weight excluding hydrogens is 288 g/mol. The van der Waals surface area contributed by atoms with Crippen molar-refractivity contribution in [2.45, 2.75) is 19.1 Å². The van der Waals surface area contributed by atoms with Gasteiger partial charge in [-0.15, -0.1) is 0 Å². The summed E-state index contributed by atoms with van der Waals surface area (Å²) in [4.78, 5) is 18.8. The molecule has 7 nitrogen and oxygen atoms in total. The smallest absolute Gasteiger partial charge is 0.332 e. The van der Waals surface area contributed by atoms with E-state index in [1.54, 1.807) is 36.5 Å². The van der Waals surface area contributed by atoms with Crippen LogP contribution in [0.5, 0.6) is 11.8 Å². The zero-order chi connectivity index (χ0) is 15.9. The normalized spacial score (nSPS) is 11.7. The number of carboxylic acid groups (broad SMARTS) is 1. The van der Waals surface area contributed by atoms with E-state index in [9.17, 15) is 9.90 Å². The van der Waals surface area contributed by atoms with Crippen molar-refractivity contribution in [2.75, 3.05) is 7.11 Å². The van der Waals surface area contributed by atoms with Crippen LogP contribution in [0, 0.1) is 0 Å². The number of aliphatic hydroxyl groups is 1. The topological polar surface area (TPSA) is 102 Å². The van der Waals surface area contributed by atoms with Gasteiger partial charge < -0.3 is 19.7 Å². The third-order valence-electron chi connectivity index (χ3n) is 2.92. The summed E-state index contributed by atoms with van der Waals surface area (Å²) in [6.07, 6.45) is 0.0624. The Hall–Kier alpha value is -2.67. The van der Waals surface area contributed by atoms with Crippen LogP contribution in [0.4, 0.5) is 0 Å². The van der Waals surface area contributed by atoms with E-state index in [1.165, 1.54) is 7.11 Å². The molecule has 0 bridgehead atoms. The molecule has 1 unspecified atom stereocenters. The van der Waals surface area contributed by atoms with Gasteiger partial charge in [-0.2, -0.15) is 4.98 Å². The van der Waals surface area contributed by atoms with E-state index in [4.69, 9.17) is 14.6 Å². The zero-order valence-electron chi connectivity index (χ0n) is 12.0. The highest BCUT2D eigenvalue weighted by Crippen LogP contribution is 2.21. The average molecular weight is 304 g/mol. The van der Waals surface area contributed by atoms with Crippen LogP contribution in [-0.2, 0) is 17.8 Å². The maximum atomic E-state index is 10.7. The molecule has 2 N–H and O–H groups in total. The van der Waals surface area contributed by atoms with Crippen molar-refractivity contribution >= 4 is 5.97 Å². The van der Waals surface area contributed by atoms with E-state index in [0.717, 1.165) is 0 Å². The lowest BCUT2D eigenvalue weighted by molar-refractivity contribution is -0.146. The van der Waals surface area contributed by atoms with Crippen molar-refractivity contribution in [2.24, 2.45) is 0 Å². The molecule has 0 saturated heterocycles. The molecule has 0 aliphatic heterocycles. The maximum Gasteiger partial charge on any atom is 0.332 e. The Bertz CT molecular complexity index is 647. The molecule has 0 aliphatic rings. The predicted octanol–water partition coefficient (Wildman–Crippen LogP) is 1.05. The van der Waals surface area contributed by atoms with Crippen LogP contribution in [0.3, 0.4) is 0 Å². The molecule has 1 aromatic heterocycles. The minimum Gasteiger partial charge on any atom is -0.487 e. The first-order chi connectivity index (χ1) is 10.6. The number of aromatic nitrogens is 2. The second-order valence-electron chi connectivity index (χ2n) is 4.49. The fraction of sp³-hybridized carbons (Fsp3) is 0.267. The van der Waals surface area contributed by atoms with Crippen LogP contribution >= 0.6 is 0 Å². The summed E-state index contributed by atoms with van der Waals surface area (Å²) in [6.45, 7) is 0.180. The minimum absolute atomic E-state index is 0.0292. The number of aliphatic hydroxyl groups excluding tert-OH is 1. The predicted molar refractivity (Wildman–Crippen MR) is 76.7 cm³/mol. The summed E-state index contributed by atoms with van der Waals surface area (Å²) in [5.74, 6) is -0.768. The quantitative estimate of drug-likeness (QED) is 0.788. The molecule has 0 amide bonds. The Kier molecular flexibility index (Phi) is 5.26. The van der Waals surface area contributed by atoms with Gasteiger partial charge in [-0.1, -0.05) is 18.2 Å². The van der Waals surface area contributed by atoms with Gasteiger partial charge in [0.05, 0.1) is 12.8 Å². The Labute approximate surface area is 127 Å². The van der Waals surface area contributed by atoms with E-state index < -0.39 is 12.1 Å². The van der Waals surface area contributed by atoms with Crippen LogP contribution in [-0.4, -0.2) is 39.4 Å². The SMILES string of the molecule is COc1nccc(COc2ccccc2CC(O)C(=O)O)n1. The highest BCUT2D eigenvalue weighted by molar-refractivity contribution is 5.72. The number of carboxylic acids is 1. The monoisotopic (exact) mass is 304 g/mol. The summed E-state index contributed by atoms with van der Waals surface area (Å²) in [7, 11) is 1.47. The van der Waals surface area contributed by atoms with Gasteiger partial charge in [-0.3, -0.25) is 0 Å². The third-order valence-corrected chi connectivity index (χ3v) is 2.92. The highest BCUT2D eigenvalue weighted by Gasteiger charge is 2.16. The summed E-state index contributed by atoms with van der Waals surface area (Å²) in [5.41, 5.74) is 1.24. The van der Waals surface area contributed by atoms with Crippen molar-refractivity contribution in [3.63, 3.8) is 0 Å². The fourth-order valence-corrected chi connectivity index (χ4v) is 1.82. The van der Waals surface area contributed by atoms with Crippen LogP contribution in [0.1, 0.15) is 11.3 Å². The number of aliphatic carboxylic acids is 1. The molecule has 2 aromatic rings. The number of nitrogens with zero attached hydrogens (tertiary/aromatic N) is 2. The van der Waals surface area contributed by atoms with E-state index in [-0.39, 0.29) is 19.0 Å². The van der Waals surface area contributed by atoms with Gasteiger partial charge >= 0.3 is 12.0 Å². The highest BCUT2D eigenvalue weighted by atomic mass is 16.5. The van der Waals surface area contributed by atoms with Gasteiger partial charge in [0.15, 0.2) is 6.10 Å². The van der Waals surface area contributed by atoms with Gasteiger partial charge in [-0.05, 0) is 17.7 Å². The van der Waals surface area contributed by atoms with Crippen LogP contribution in [0.15, 0.2) is 36.5 Å². The summed E-state index contributed by atoms with van der Waals surface area (Å²) in [5, 5.41) is 18.2. The number of rotatable bonds is 7. The lowest BCUT2D eigenvalue weighted by Gasteiger charge is -2.12. The van der Waals surface area contributed by atoms with E-state index in [1.807, 2.05) is 0 Å². The van der Waals surface area contributed by atoms with Crippen molar-refractivity contribution in [1.82, 2.24) is 9.97 Å². The lowest BCUT2D eigenvalue weighted by Crippen LogP contribution is -2.22. The molecule has 22 heavy (non-hydrogen) atoms. The second kappa shape index (κ2) is 7.37. The molecule has 0 radical (unpaired) electrons. The van der Waals surface area contributed by atoms with E-state index >= 15 is 0 Å². The number of para-hydroxylation sites is 1. The molecule has 0 fully saturated rings. The molecule has 0 spiro atoms. The first-order valence-corrected chi connectivity index (χ1v) is 6.57. The second-order valence-corrected chi connectivity index (χ2v) is 4.49. The maximum absolute atomic E-state index is 10.7. The molecule has 0 aliphatic carbocycles. The third kappa shape index (κ3) is 4.16. The number of carbonyl (C=O) groups is 1. The first-order valence-electron chi connectivity index (χ1n) is 6.57. The summed E-state index contributed by atoms with van der Waals surface area (Å²) in [6, 6.07) is 8.88. The molecular formula is C15H16N2O5. The molecule has 1 aromatic carbocycles. The molecule has 7 heteroatoms. The van der Waals surface area contributed by atoms with Crippen LogP contribution in [0.2, 0.25) is 0 Å². The van der Waals surface area contributed by atoms with E-state index in [0.29, 0.717) is 17.0 Å². The molecule has 1 atom stereocenters. The van der Waals surface area contributed by atoms with Gasteiger partial charge in [0, 0.05) is 12.6 Å². The number of hydrogen-bond donors (Lipinski definition) is 2. The van der Waals surface area contributed by atoms with E-state index in [2.05, 4.69) is 9.97 Å². The standard InChI is InChI=1S/C15H16N2O5/c1-21-15-16-7-6-11(17-15)9-22-13-5-3-2-4-10(13)8-12(18)14(19)20/h2-7,12,18H,8-9H2,1H3,(H,19,20). The number of ether oxygens (including phenoxy) is 2. The Morgan fingerprint density at radius 3 is 2.82 bits per heavy atom. The molecule has 1 heterocycles. The largest absolute Gasteiger partial charge is 0.487 e. The average Bonchev–Trinajstić information content (AvgIpc) is 2.54. The Morgan fingerprint density at radius 2 is 2.09 bits per heavy atom. The van der Waals surface area contributed by atoms with Crippen molar-refractivity contribution in [1.29, 1.82) is 0 Å². The van der Waals surface area contributed by atoms with Gasteiger partial charge in [0.1, 0.15) is 12.4 Å². The van der Waals surface area contributed by atoms with Crippen molar-refractivity contribution < 1.29 is 24.5 Å². The fourth-order valence-electron chi connectivity index (χ4n) is 1.82. The van der Waals surface area contributed by atoms with Gasteiger partial charge in [-0.25, -0.2) is 9.78 Å². The molecule has 2 rings (SSSR count). The van der Waals surface area contributed by atoms with Gasteiger partial charge in [0.25, 0.3) is 0 Å². The van der Waals surface area contributed by atoms with Gasteiger partial charge in [0.2, 0.25) is 0 Å². The first kappa shape index (κ1) is 15.7. The Morgan fingerprint density at radius 1 is 1.32 bits per heavy atom. The number of benzene rings is 1. The van der Waals surface area contributed by atoms with Crippen LogP contribution < -0.4 is 9.47 Å². The number of methoxy groups -OCH3 is 1. The molecule has 0 saturated carbocycles. The van der Waals surface area contributed by atoms with Crippen molar-refractivity contribution in [3.05, 3.63) is 47.8 Å². The lowest BCUT2D eigenvalue weighted by atomic mass is 10.1. The summed E-state index contributed by atoms with van der Waals surface area (Å²) < 4.78 is 10.6. The minimum atomic E-state index is -1.47. The zero-order valence-corrected chi connectivity index (χ0v) is 12.0. The Balaban J connectivity index is 2.07. The number of hydrogen-bond acceptors (Lipinski definition) is 6. The van der Waals surface area contributed by atoms with Crippen molar-refractivity contribution in [3.8, 4) is 11.8 Å². The summed E-state index contributed by atoms with van der Waals surface area (Å²) >= 11 is 0. The van der Waals surface area contributed by atoms with Crippen LogP contribution in [0.25, 0.3) is 0 Å².